The largest absolute Gasteiger partial charge is 0.350 e. The van der Waals surface area contributed by atoms with Crippen LogP contribution in [0.25, 0.3) is 11.3 Å². The summed E-state index contributed by atoms with van der Waals surface area (Å²) in [5.41, 5.74) is 2.25. The van der Waals surface area contributed by atoms with E-state index in [0.717, 1.165) is 24.3 Å². The molecule has 2 aromatic rings. The molecule has 0 aliphatic carbocycles. The van der Waals surface area contributed by atoms with Gasteiger partial charge in [-0.2, -0.15) is 5.10 Å². The first-order valence-electron chi connectivity index (χ1n) is 9.49. The first-order valence-corrected chi connectivity index (χ1v) is 9.49. The summed E-state index contributed by atoms with van der Waals surface area (Å²) in [4.78, 5) is 15.3. The van der Waals surface area contributed by atoms with E-state index in [1.54, 1.807) is 6.20 Å². The number of likely N-dealkylation sites (tertiary alicyclic amines) is 1. The van der Waals surface area contributed by atoms with E-state index in [2.05, 4.69) is 48.1 Å². The fraction of sp³-hybridized carbons (Fsp3) is 0.524. The van der Waals surface area contributed by atoms with E-state index < -0.39 is 0 Å². The zero-order chi connectivity index (χ0) is 18.7. The van der Waals surface area contributed by atoms with E-state index in [-0.39, 0.29) is 11.4 Å². The Kier molecular flexibility index (Phi) is 5.47. The van der Waals surface area contributed by atoms with Crippen molar-refractivity contribution in [2.45, 2.75) is 39.7 Å². The van der Waals surface area contributed by atoms with Gasteiger partial charge in [-0.1, -0.05) is 44.2 Å². The predicted octanol–water partition coefficient (Wildman–Crippen LogP) is 3.56. The van der Waals surface area contributed by atoms with E-state index >= 15 is 0 Å². The van der Waals surface area contributed by atoms with Gasteiger partial charge in [0.05, 0.1) is 17.5 Å². The highest BCUT2D eigenvalue weighted by Gasteiger charge is 2.33. The highest BCUT2D eigenvalue weighted by atomic mass is 16.1. The first-order chi connectivity index (χ1) is 12.4. The Morgan fingerprint density at radius 2 is 1.88 bits per heavy atom. The normalized spacial score (nSPS) is 21.5. The Balaban J connectivity index is 1.67. The van der Waals surface area contributed by atoms with Crippen LogP contribution in [0.15, 0.2) is 36.5 Å². The number of H-pyrrole nitrogens is 1. The van der Waals surface area contributed by atoms with Crippen molar-refractivity contribution >= 4 is 5.91 Å². The molecule has 0 spiro atoms. The summed E-state index contributed by atoms with van der Waals surface area (Å²) < 4.78 is 0. The zero-order valence-electron chi connectivity index (χ0n) is 16.2. The number of amides is 1. The third-order valence-electron chi connectivity index (χ3n) is 5.35. The second kappa shape index (κ2) is 7.62. The molecule has 3 rings (SSSR count). The summed E-state index contributed by atoms with van der Waals surface area (Å²) in [6.07, 6.45) is 2.89. The maximum absolute atomic E-state index is 12.8. The standard InChI is InChI=1S/C21H30N4O/c1-15-10-16(2)13-25(12-15)21(3,4)14-22-20(26)18-11-23-24-19(18)17-8-6-5-7-9-17/h5-9,11,15-16H,10,12-14H2,1-4H3,(H,22,26)(H,23,24). The highest BCUT2D eigenvalue weighted by molar-refractivity contribution is 5.99. The second-order valence-electron chi connectivity index (χ2n) is 8.37. The lowest BCUT2D eigenvalue weighted by Crippen LogP contribution is -2.56. The van der Waals surface area contributed by atoms with E-state index in [1.165, 1.54) is 6.42 Å². The number of nitrogens with zero attached hydrogens (tertiary/aromatic N) is 2. The summed E-state index contributed by atoms with van der Waals surface area (Å²) in [7, 11) is 0. The molecule has 5 heteroatoms. The quantitative estimate of drug-likeness (QED) is 0.863. The number of carbonyl (C=O) groups is 1. The van der Waals surface area contributed by atoms with Crippen molar-refractivity contribution in [1.29, 1.82) is 0 Å². The number of rotatable bonds is 5. The van der Waals surface area contributed by atoms with Crippen LogP contribution in [0, 0.1) is 11.8 Å². The summed E-state index contributed by atoms with van der Waals surface area (Å²) in [5, 5.41) is 10.2. The lowest BCUT2D eigenvalue weighted by Gasteiger charge is -2.45. The molecule has 1 fully saturated rings. The van der Waals surface area contributed by atoms with Crippen molar-refractivity contribution in [3.63, 3.8) is 0 Å². The van der Waals surface area contributed by atoms with Gasteiger partial charge in [0.2, 0.25) is 0 Å². The predicted molar refractivity (Wildman–Crippen MR) is 105 cm³/mol. The zero-order valence-corrected chi connectivity index (χ0v) is 16.2. The van der Waals surface area contributed by atoms with Gasteiger partial charge in [0.15, 0.2) is 0 Å². The van der Waals surface area contributed by atoms with Crippen LogP contribution in [-0.4, -0.2) is 46.2 Å². The molecule has 5 nitrogen and oxygen atoms in total. The van der Waals surface area contributed by atoms with Gasteiger partial charge >= 0.3 is 0 Å². The van der Waals surface area contributed by atoms with E-state index in [4.69, 9.17) is 0 Å². The maximum Gasteiger partial charge on any atom is 0.255 e. The summed E-state index contributed by atoms with van der Waals surface area (Å²) in [5.74, 6) is 1.32. The number of hydrogen-bond donors (Lipinski definition) is 2. The Morgan fingerprint density at radius 1 is 1.23 bits per heavy atom. The Morgan fingerprint density at radius 3 is 2.54 bits per heavy atom. The third-order valence-corrected chi connectivity index (χ3v) is 5.35. The number of nitrogens with one attached hydrogen (secondary N) is 2. The van der Waals surface area contributed by atoms with Crippen molar-refractivity contribution in [1.82, 2.24) is 20.4 Å². The smallest absolute Gasteiger partial charge is 0.255 e. The van der Waals surface area contributed by atoms with Gasteiger partial charge < -0.3 is 5.32 Å². The van der Waals surface area contributed by atoms with Gasteiger partial charge in [0.25, 0.3) is 5.91 Å². The molecule has 2 N–H and O–H groups in total. The van der Waals surface area contributed by atoms with Crippen molar-refractivity contribution < 1.29 is 4.79 Å². The molecule has 2 atom stereocenters. The van der Waals surface area contributed by atoms with E-state index in [9.17, 15) is 4.79 Å². The van der Waals surface area contributed by atoms with Crippen LogP contribution in [0.2, 0.25) is 0 Å². The van der Waals surface area contributed by atoms with Crippen LogP contribution in [0.3, 0.4) is 0 Å². The molecule has 0 bridgehead atoms. The lowest BCUT2D eigenvalue weighted by molar-refractivity contribution is 0.0445. The number of carbonyl (C=O) groups excluding carboxylic acids is 1. The van der Waals surface area contributed by atoms with Crippen LogP contribution in [0.4, 0.5) is 0 Å². The van der Waals surface area contributed by atoms with Crippen molar-refractivity contribution in [3.05, 3.63) is 42.1 Å². The first kappa shape index (κ1) is 18.6. The molecule has 1 aliphatic heterocycles. The second-order valence-corrected chi connectivity index (χ2v) is 8.37. The Hall–Kier alpha value is -2.14. The third kappa shape index (κ3) is 4.15. The van der Waals surface area contributed by atoms with Gasteiger partial charge in [-0.05, 0) is 32.1 Å². The van der Waals surface area contributed by atoms with Crippen LogP contribution in [0.1, 0.15) is 44.5 Å². The molecule has 0 saturated carbocycles. The minimum absolute atomic E-state index is 0.0742. The van der Waals surface area contributed by atoms with E-state index in [1.807, 2.05) is 30.3 Å². The van der Waals surface area contributed by atoms with Crippen LogP contribution >= 0.6 is 0 Å². The average Bonchev–Trinajstić information content (AvgIpc) is 3.09. The summed E-state index contributed by atoms with van der Waals surface area (Å²) >= 11 is 0. The van der Waals surface area contributed by atoms with Crippen molar-refractivity contribution in [2.75, 3.05) is 19.6 Å². The molecule has 140 valence electrons. The van der Waals surface area contributed by atoms with Crippen LogP contribution < -0.4 is 5.32 Å². The van der Waals surface area contributed by atoms with Crippen LogP contribution in [0.5, 0.6) is 0 Å². The van der Waals surface area contributed by atoms with Gasteiger partial charge in [-0.25, -0.2) is 0 Å². The number of aromatic amines is 1. The average molecular weight is 354 g/mol. The SMILES string of the molecule is CC1CC(C)CN(C(C)(C)CNC(=O)c2cn[nH]c2-c2ccccc2)C1. The molecule has 2 unspecified atom stereocenters. The number of aromatic nitrogens is 2. The molecule has 1 aromatic heterocycles. The molecule has 1 aromatic carbocycles. The lowest BCUT2D eigenvalue weighted by atomic mass is 9.88. The van der Waals surface area contributed by atoms with Crippen molar-refractivity contribution in [3.8, 4) is 11.3 Å². The fourth-order valence-corrected chi connectivity index (χ4v) is 3.94. The molecule has 1 amide bonds. The van der Waals surface area contributed by atoms with Gasteiger partial charge in [0, 0.05) is 30.7 Å². The minimum Gasteiger partial charge on any atom is -0.350 e. The summed E-state index contributed by atoms with van der Waals surface area (Å²) in [6, 6.07) is 9.83. The monoisotopic (exact) mass is 354 g/mol. The topological polar surface area (TPSA) is 61.0 Å². The van der Waals surface area contributed by atoms with Crippen molar-refractivity contribution in [2.24, 2.45) is 11.8 Å². The fourth-order valence-electron chi connectivity index (χ4n) is 3.94. The van der Waals surface area contributed by atoms with Gasteiger partial charge in [-0.3, -0.25) is 14.8 Å². The Bertz CT molecular complexity index is 727. The molecular weight excluding hydrogens is 324 g/mol. The number of piperidine rings is 1. The molecule has 0 radical (unpaired) electrons. The molecule has 2 heterocycles. The summed E-state index contributed by atoms with van der Waals surface area (Å²) in [6.45, 7) is 11.9. The highest BCUT2D eigenvalue weighted by Crippen LogP contribution is 2.27. The molecule has 1 saturated heterocycles. The Labute approximate surface area is 156 Å². The number of benzene rings is 1. The van der Waals surface area contributed by atoms with E-state index in [0.29, 0.717) is 23.9 Å². The number of hydrogen-bond acceptors (Lipinski definition) is 3. The van der Waals surface area contributed by atoms with Gasteiger partial charge in [0.1, 0.15) is 0 Å². The molecule has 26 heavy (non-hydrogen) atoms. The molecule has 1 aliphatic rings. The maximum atomic E-state index is 12.8. The minimum atomic E-state index is -0.0798. The molecular formula is C21H30N4O. The van der Waals surface area contributed by atoms with Gasteiger partial charge in [-0.15, -0.1) is 0 Å². The van der Waals surface area contributed by atoms with Crippen LogP contribution in [-0.2, 0) is 0 Å².